The molecule has 0 fully saturated rings. The Kier molecular flexibility index (Phi) is 8.03. The van der Waals surface area contributed by atoms with E-state index in [0.29, 0.717) is 11.4 Å². The predicted molar refractivity (Wildman–Crippen MR) is 106 cm³/mol. The Balaban J connectivity index is 1.94. The molecule has 2 rings (SSSR count). The summed E-state index contributed by atoms with van der Waals surface area (Å²) in [6, 6.07) is -0.731. The zero-order chi connectivity index (χ0) is 20.7. The molecule has 0 aliphatic heterocycles. The molecule has 0 saturated carbocycles. The second-order valence-electron chi connectivity index (χ2n) is 6.41. The van der Waals surface area contributed by atoms with Crippen molar-refractivity contribution in [1.29, 1.82) is 0 Å². The van der Waals surface area contributed by atoms with E-state index in [-0.39, 0.29) is 30.5 Å². The lowest BCUT2D eigenvalue weighted by atomic mass is 10.0. The van der Waals surface area contributed by atoms with Crippen molar-refractivity contribution in [1.82, 2.24) is 26.1 Å². The van der Waals surface area contributed by atoms with Gasteiger partial charge < -0.3 is 10.6 Å². The van der Waals surface area contributed by atoms with Crippen LogP contribution in [0.15, 0.2) is 10.8 Å². The molecule has 0 aliphatic carbocycles. The summed E-state index contributed by atoms with van der Waals surface area (Å²) >= 11 is 2.83. The summed E-state index contributed by atoms with van der Waals surface area (Å²) in [5.41, 5.74) is 2.51. The Hall–Kier alpha value is -2.37. The van der Waals surface area contributed by atoms with Crippen LogP contribution in [0, 0.1) is 12.8 Å². The fourth-order valence-electron chi connectivity index (χ4n) is 2.33. The Morgan fingerprint density at radius 1 is 1.18 bits per heavy atom. The average molecular weight is 426 g/mol. The maximum Gasteiger partial charge on any atom is 0.271 e. The molecule has 0 saturated heterocycles. The smallest absolute Gasteiger partial charge is 0.271 e. The normalized spacial score (nSPS) is 11.9. The summed E-state index contributed by atoms with van der Waals surface area (Å²) in [6.07, 6.45) is 0.465. The molecule has 11 heteroatoms. The number of nitrogens with zero attached hydrogens (tertiary/aromatic N) is 2. The maximum atomic E-state index is 12.5. The van der Waals surface area contributed by atoms with Crippen molar-refractivity contribution in [3.63, 3.8) is 0 Å². The van der Waals surface area contributed by atoms with Gasteiger partial charge in [0.1, 0.15) is 22.4 Å². The molecule has 28 heavy (non-hydrogen) atoms. The second kappa shape index (κ2) is 10.2. The molecule has 3 amide bonds. The third-order valence-corrected chi connectivity index (χ3v) is 5.45. The van der Waals surface area contributed by atoms with Gasteiger partial charge in [-0.05, 0) is 19.3 Å². The molecule has 9 nitrogen and oxygen atoms in total. The molecule has 1 unspecified atom stereocenters. The molecular weight excluding hydrogens is 402 g/mol. The topological polar surface area (TPSA) is 133 Å². The summed E-state index contributed by atoms with van der Waals surface area (Å²) in [5.74, 6) is -1.41. The highest BCUT2D eigenvalue weighted by Crippen LogP contribution is 2.25. The number of thiazole rings is 2. The Bertz CT molecular complexity index is 833. The van der Waals surface area contributed by atoms with Crippen molar-refractivity contribution in [2.45, 2.75) is 39.7 Å². The number of hydroxylamine groups is 1. The fourth-order valence-corrected chi connectivity index (χ4v) is 3.77. The number of aromatic nitrogens is 2. The van der Waals surface area contributed by atoms with Gasteiger partial charge in [-0.2, -0.15) is 0 Å². The fraction of sp³-hybridized carbons (Fsp3) is 0.471. The maximum absolute atomic E-state index is 12.5. The minimum Gasteiger partial charge on any atom is -0.354 e. The monoisotopic (exact) mass is 425 g/mol. The van der Waals surface area contributed by atoms with E-state index in [4.69, 9.17) is 5.21 Å². The average Bonchev–Trinajstić information content (AvgIpc) is 3.31. The molecule has 1 atom stereocenters. The lowest BCUT2D eigenvalue weighted by molar-refractivity contribution is -0.129. The second-order valence-corrected chi connectivity index (χ2v) is 8.33. The van der Waals surface area contributed by atoms with Crippen LogP contribution in [0.3, 0.4) is 0 Å². The lowest BCUT2D eigenvalue weighted by Gasteiger charge is -2.21. The molecular formula is C17H23N5O4S2. The minimum atomic E-state index is -0.731. The quantitative estimate of drug-likeness (QED) is 0.275. The number of hydrogen-bond donors (Lipinski definition) is 4. The first-order chi connectivity index (χ1) is 13.3. The van der Waals surface area contributed by atoms with Gasteiger partial charge in [0.05, 0.1) is 5.01 Å². The van der Waals surface area contributed by atoms with Crippen LogP contribution in [-0.2, 0) is 9.59 Å². The van der Waals surface area contributed by atoms with E-state index in [0.717, 1.165) is 10.7 Å². The summed E-state index contributed by atoms with van der Waals surface area (Å²) in [7, 11) is 0. The standard InChI is InChI=1S/C17H23N5O4S2/c1-9(2)14(16(25)18-6-4-5-13(23)22-26)21-15(24)11-7-28-17(20-11)12-8-27-10(3)19-12/h7-9,14,26H,4-6H2,1-3H3,(H,18,25)(H,21,24)(H,22,23). The van der Waals surface area contributed by atoms with Crippen LogP contribution in [0.25, 0.3) is 10.7 Å². The molecule has 152 valence electrons. The van der Waals surface area contributed by atoms with Gasteiger partial charge in [-0.1, -0.05) is 13.8 Å². The van der Waals surface area contributed by atoms with Crippen LogP contribution in [-0.4, -0.2) is 45.5 Å². The molecule has 0 radical (unpaired) electrons. The number of aryl methyl sites for hydroxylation is 1. The van der Waals surface area contributed by atoms with Gasteiger partial charge >= 0.3 is 0 Å². The summed E-state index contributed by atoms with van der Waals surface area (Å²) < 4.78 is 0. The summed E-state index contributed by atoms with van der Waals surface area (Å²) in [6.45, 7) is 5.81. The van der Waals surface area contributed by atoms with E-state index in [1.54, 1.807) is 5.38 Å². The zero-order valence-electron chi connectivity index (χ0n) is 15.8. The number of nitrogens with one attached hydrogen (secondary N) is 3. The van der Waals surface area contributed by atoms with Crippen LogP contribution in [0.2, 0.25) is 0 Å². The van der Waals surface area contributed by atoms with E-state index in [1.807, 2.05) is 26.2 Å². The summed E-state index contributed by atoms with van der Waals surface area (Å²) in [4.78, 5) is 44.6. The predicted octanol–water partition coefficient (Wildman–Crippen LogP) is 1.73. The number of carbonyl (C=O) groups excluding carboxylic acids is 3. The van der Waals surface area contributed by atoms with Crippen molar-refractivity contribution in [2.24, 2.45) is 5.92 Å². The van der Waals surface area contributed by atoms with Crippen LogP contribution >= 0.6 is 22.7 Å². The van der Waals surface area contributed by atoms with Crippen molar-refractivity contribution in [3.05, 3.63) is 21.5 Å². The van der Waals surface area contributed by atoms with Gasteiger partial charge in [0, 0.05) is 23.7 Å². The number of carbonyl (C=O) groups is 3. The van der Waals surface area contributed by atoms with Crippen molar-refractivity contribution < 1.29 is 19.6 Å². The van der Waals surface area contributed by atoms with E-state index in [9.17, 15) is 14.4 Å². The van der Waals surface area contributed by atoms with E-state index in [1.165, 1.54) is 28.2 Å². The highest BCUT2D eigenvalue weighted by molar-refractivity contribution is 7.14. The number of hydrogen-bond acceptors (Lipinski definition) is 8. The zero-order valence-corrected chi connectivity index (χ0v) is 17.4. The van der Waals surface area contributed by atoms with Crippen LogP contribution in [0.4, 0.5) is 0 Å². The van der Waals surface area contributed by atoms with Crippen molar-refractivity contribution in [3.8, 4) is 10.7 Å². The Labute approximate surface area is 170 Å². The van der Waals surface area contributed by atoms with Crippen LogP contribution in [0.1, 0.15) is 42.2 Å². The van der Waals surface area contributed by atoms with Crippen LogP contribution < -0.4 is 16.1 Å². The van der Waals surface area contributed by atoms with Crippen LogP contribution in [0.5, 0.6) is 0 Å². The van der Waals surface area contributed by atoms with Gasteiger partial charge in [0.2, 0.25) is 11.8 Å². The first-order valence-electron chi connectivity index (χ1n) is 8.71. The van der Waals surface area contributed by atoms with E-state index < -0.39 is 17.9 Å². The van der Waals surface area contributed by atoms with Crippen molar-refractivity contribution in [2.75, 3.05) is 6.54 Å². The van der Waals surface area contributed by atoms with Gasteiger partial charge in [-0.15, -0.1) is 22.7 Å². The minimum absolute atomic E-state index is 0.0905. The van der Waals surface area contributed by atoms with Crippen molar-refractivity contribution >= 4 is 40.4 Å². The highest BCUT2D eigenvalue weighted by atomic mass is 32.1. The first kappa shape index (κ1) is 21.9. The molecule has 0 bridgehead atoms. The molecule has 4 N–H and O–H groups in total. The molecule has 2 aromatic heterocycles. The number of rotatable bonds is 9. The lowest BCUT2D eigenvalue weighted by Crippen LogP contribution is -2.50. The third kappa shape index (κ3) is 6.08. The third-order valence-electron chi connectivity index (χ3n) is 3.82. The van der Waals surface area contributed by atoms with E-state index >= 15 is 0 Å². The summed E-state index contributed by atoms with van der Waals surface area (Å²) in [5, 5.41) is 19.0. The molecule has 0 aromatic carbocycles. The van der Waals surface area contributed by atoms with Gasteiger partial charge in [-0.25, -0.2) is 15.4 Å². The van der Waals surface area contributed by atoms with E-state index in [2.05, 4.69) is 20.6 Å². The molecule has 2 heterocycles. The Morgan fingerprint density at radius 3 is 2.54 bits per heavy atom. The van der Waals surface area contributed by atoms with Gasteiger partial charge in [0.15, 0.2) is 0 Å². The molecule has 2 aromatic rings. The SMILES string of the molecule is Cc1nc(-c2nc(C(=O)NC(C(=O)NCCCC(=O)NO)C(C)C)cs2)cs1. The molecule has 0 spiro atoms. The van der Waals surface area contributed by atoms with Gasteiger partial charge in [-0.3, -0.25) is 19.6 Å². The van der Waals surface area contributed by atoms with Gasteiger partial charge in [0.25, 0.3) is 5.91 Å². The first-order valence-corrected chi connectivity index (χ1v) is 10.5. The largest absolute Gasteiger partial charge is 0.354 e. The Morgan fingerprint density at radius 2 is 1.93 bits per heavy atom. The molecule has 0 aliphatic rings. The number of amides is 3. The highest BCUT2D eigenvalue weighted by Gasteiger charge is 2.25.